The third kappa shape index (κ3) is 4.59. The lowest BCUT2D eigenvalue weighted by Gasteiger charge is -2.12. The van der Waals surface area contributed by atoms with Gasteiger partial charge in [0.05, 0.1) is 13.2 Å². The highest BCUT2D eigenvalue weighted by molar-refractivity contribution is 9.10. The molecule has 0 aliphatic heterocycles. The van der Waals surface area contributed by atoms with Crippen molar-refractivity contribution in [3.05, 3.63) is 28.2 Å². The van der Waals surface area contributed by atoms with Crippen molar-refractivity contribution in [3.63, 3.8) is 0 Å². The summed E-state index contributed by atoms with van der Waals surface area (Å²) in [7, 11) is 1.71. The average Bonchev–Trinajstić information content (AvgIpc) is 3.17. The quantitative estimate of drug-likeness (QED) is 0.748. The van der Waals surface area contributed by atoms with Crippen LogP contribution in [0, 0.1) is 5.92 Å². The predicted octanol–water partition coefficient (Wildman–Crippen LogP) is 2.97. The highest BCUT2D eigenvalue weighted by Crippen LogP contribution is 2.31. The first kappa shape index (κ1) is 13.8. The predicted molar refractivity (Wildman–Crippen MR) is 75.9 cm³/mol. The molecule has 1 fully saturated rings. The summed E-state index contributed by atoms with van der Waals surface area (Å²) in [6.07, 6.45) is 2.63. The van der Waals surface area contributed by atoms with Crippen LogP contribution in [0.3, 0.4) is 0 Å². The zero-order chi connectivity index (χ0) is 12.8. The number of methoxy groups -OCH3 is 1. The Morgan fingerprint density at radius 2 is 2.22 bits per heavy atom. The molecule has 1 aliphatic rings. The lowest BCUT2D eigenvalue weighted by Crippen LogP contribution is -2.19. The van der Waals surface area contributed by atoms with Gasteiger partial charge in [0.2, 0.25) is 0 Å². The molecule has 0 amide bonds. The van der Waals surface area contributed by atoms with Gasteiger partial charge in [0.15, 0.2) is 0 Å². The van der Waals surface area contributed by atoms with E-state index in [1.54, 1.807) is 7.11 Å². The molecule has 1 saturated carbocycles. The summed E-state index contributed by atoms with van der Waals surface area (Å²) in [5.41, 5.74) is 1.20. The third-order valence-electron chi connectivity index (χ3n) is 2.99. The Kier molecular flexibility index (Phi) is 5.47. The van der Waals surface area contributed by atoms with Crippen molar-refractivity contribution in [2.75, 3.05) is 26.9 Å². The Morgan fingerprint density at radius 1 is 1.39 bits per heavy atom. The van der Waals surface area contributed by atoms with Gasteiger partial charge in [-0.25, -0.2) is 0 Å². The zero-order valence-corrected chi connectivity index (χ0v) is 12.3. The van der Waals surface area contributed by atoms with Crippen LogP contribution in [-0.4, -0.2) is 26.9 Å². The van der Waals surface area contributed by atoms with Crippen LogP contribution in [0.2, 0.25) is 0 Å². The Hall–Kier alpha value is -0.580. The van der Waals surface area contributed by atoms with Gasteiger partial charge >= 0.3 is 0 Å². The van der Waals surface area contributed by atoms with Crippen molar-refractivity contribution in [1.82, 2.24) is 5.32 Å². The molecule has 0 unspecified atom stereocenters. The summed E-state index contributed by atoms with van der Waals surface area (Å²) in [6, 6.07) is 6.18. The van der Waals surface area contributed by atoms with Crippen LogP contribution in [-0.2, 0) is 11.3 Å². The van der Waals surface area contributed by atoms with E-state index in [0.717, 1.165) is 42.4 Å². The van der Waals surface area contributed by atoms with Crippen molar-refractivity contribution >= 4 is 15.9 Å². The Balaban J connectivity index is 1.89. The molecule has 3 nitrogen and oxygen atoms in total. The highest BCUT2D eigenvalue weighted by atomic mass is 79.9. The first-order valence-electron chi connectivity index (χ1n) is 6.40. The normalized spacial score (nSPS) is 14.8. The van der Waals surface area contributed by atoms with Crippen molar-refractivity contribution < 1.29 is 9.47 Å². The van der Waals surface area contributed by atoms with E-state index in [4.69, 9.17) is 9.47 Å². The highest BCUT2D eigenvalue weighted by Gasteiger charge is 2.22. The summed E-state index contributed by atoms with van der Waals surface area (Å²) in [4.78, 5) is 0. The fourth-order valence-corrected chi connectivity index (χ4v) is 2.12. The van der Waals surface area contributed by atoms with E-state index in [-0.39, 0.29) is 0 Å². The van der Waals surface area contributed by atoms with Gasteiger partial charge in [-0.15, -0.1) is 0 Å². The van der Waals surface area contributed by atoms with Crippen LogP contribution < -0.4 is 10.1 Å². The molecule has 100 valence electrons. The largest absolute Gasteiger partial charge is 0.493 e. The van der Waals surface area contributed by atoms with Crippen LogP contribution in [0.5, 0.6) is 5.75 Å². The molecule has 0 heterocycles. The Morgan fingerprint density at radius 3 is 2.94 bits per heavy atom. The van der Waals surface area contributed by atoms with Crippen LogP contribution in [0.15, 0.2) is 22.7 Å². The fraction of sp³-hybridized carbons (Fsp3) is 0.571. The maximum absolute atomic E-state index is 5.88. The van der Waals surface area contributed by atoms with Crippen molar-refractivity contribution in [1.29, 1.82) is 0 Å². The number of ether oxygens (including phenoxy) is 2. The minimum atomic E-state index is 0.728. The maximum Gasteiger partial charge on any atom is 0.123 e. The van der Waals surface area contributed by atoms with E-state index in [1.165, 1.54) is 18.4 Å². The van der Waals surface area contributed by atoms with Crippen molar-refractivity contribution in [3.8, 4) is 5.75 Å². The number of hydrogen-bond donors (Lipinski definition) is 1. The zero-order valence-electron chi connectivity index (χ0n) is 10.7. The molecule has 0 aromatic heterocycles. The van der Waals surface area contributed by atoms with E-state index in [2.05, 4.69) is 27.3 Å². The first-order valence-corrected chi connectivity index (χ1v) is 7.20. The molecule has 1 aromatic rings. The molecule has 1 aliphatic carbocycles. The van der Waals surface area contributed by atoms with Crippen LogP contribution >= 0.6 is 15.9 Å². The van der Waals surface area contributed by atoms with E-state index in [1.807, 2.05) is 12.1 Å². The van der Waals surface area contributed by atoms with Gasteiger partial charge in [-0.2, -0.15) is 0 Å². The summed E-state index contributed by atoms with van der Waals surface area (Å²) in [5.74, 6) is 1.78. The van der Waals surface area contributed by atoms with Gasteiger partial charge in [0.25, 0.3) is 0 Å². The smallest absolute Gasteiger partial charge is 0.123 e. The minimum absolute atomic E-state index is 0.728. The average molecular weight is 314 g/mol. The van der Waals surface area contributed by atoms with E-state index in [0.29, 0.717) is 0 Å². The van der Waals surface area contributed by atoms with Gasteiger partial charge in [0, 0.05) is 30.2 Å². The number of benzene rings is 1. The molecule has 1 aromatic carbocycles. The molecule has 0 bridgehead atoms. The molecule has 0 radical (unpaired) electrons. The maximum atomic E-state index is 5.88. The lowest BCUT2D eigenvalue weighted by atomic mass is 10.2. The Labute approximate surface area is 117 Å². The van der Waals surface area contributed by atoms with Crippen molar-refractivity contribution in [2.45, 2.75) is 19.4 Å². The number of nitrogens with one attached hydrogen (secondary N) is 1. The van der Waals surface area contributed by atoms with E-state index >= 15 is 0 Å². The van der Waals surface area contributed by atoms with Gasteiger partial charge in [-0.05, 0) is 37.0 Å². The van der Waals surface area contributed by atoms with Gasteiger partial charge < -0.3 is 14.8 Å². The van der Waals surface area contributed by atoms with Gasteiger partial charge in [-0.1, -0.05) is 15.9 Å². The second-order valence-corrected chi connectivity index (χ2v) is 5.59. The minimum Gasteiger partial charge on any atom is -0.493 e. The standard InChI is InChI=1S/C14H20BrNO2/c1-17-7-6-16-9-12-8-13(15)4-5-14(12)18-10-11-2-3-11/h4-5,8,11,16H,2-3,6-7,9-10H2,1H3. The summed E-state index contributed by atoms with van der Waals surface area (Å²) >= 11 is 3.50. The van der Waals surface area contributed by atoms with Crippen LogP contribution in [0.4, 0.5) is 0 Å². The molecule has 2 rings (SSSR count). The fourth-order valence-electron chi connectivity index (χ4n) is 1.72. The van der Waals surface area contributed by atoms with E-state index in [9.17, 15) is 0 Å². The lowest BCUT2D eigenvalue weighted by molar-refractivity contribution is 0.199. The summed E-state index contributed by atoms with van der Waals surface area (Å²) in [5, 5.41) is 3.35. The molecule has 4 heteroatoms. The molecule has 0 spiro atoms. The molecular weight excluding hydrogens is 294 g/mol. The SMILES string of the molecule is COCCNCc1cc(Br)ccc1OCC1CC1. The molecule has 0 atom stereocenters. The third-order valence-corrected chi connectivity index (χ3v) is 3.49. The molecule has 18 heavy (non-hydrogen) atoms. The molecule has 1 N–H and O–H groups in total. The molecular formula is C14H20BrNO2. The topological polar surface area (TPSA) is 30.5 Å². The van der Waals surface area contributed by atoms with Crippen LogP contribution in [0.25, 0.3) is 0 Å². The number of halogens is 1. The van der Waals surface area contributed by atoms with Crippen molar-refractivity contribution in [2.24, 2.45) is 5.92 Å². The first-order chi connectivity index (χ1) is 8.79. The summed E-state index contributed by atoms with van der Waals surface area (Å²) < 4.78 is 12.0. The summed E-state index contributed by atoms with van der Waals surface area (Å²) in [6.45, 7) is 3.24. The van der Waals surface area contributed by atoms with E-state index < -0.39 is 0 Å². The Bertz CT molecular complexity index is 380. The monoisotopic (exact) mass is 313 g/mol. The van der Waals surface area contributed by atoms with Gasteiger partial charge in [-0.3, -0.25) is 0 Å². The number of hydrogen-bond acceptors (Lipinski definition) is 3. The second kappa shape index (κ2) is 7.12. The van der Waals surface area contributed by atoms with Crippen LogP contribution in [0.1, 0.15) is 18.4 Å². The van der Waals surface area contributed by atoms with Gasteiger partial charge in [0.1, 0.15) is 5.75 Å². The molecule has 0 saturated heterocycles. The number of rotatable bonds is 8. The second-order valence-electron chi connectivity index (χ2n) is 4.68.